The summed E-state index contributed by atoms with van der Waals surface area (Å²) in [5, 5.41) is 0. The fourth-order valence-corrected chi connectivity index (χ4v) is 2.65. The average molecular weight is 308 g/mol. The van der Waals surface area contributed by atoms with Gasteiger partial charge in [0.1, 0.15) is 10.7 Å². The first-order chi connectivity index (χ1) is 9.90. The molecule has 0 bridgehead atoms. The van der Waals surface area contributed by atoms with E-state index in [9.17, 15) is 17.6 Å². The molecule has 2 aromatic carbocycles. The number of rotatable bonds is 4. The number of hydrazine groups is 1. The molecule has 0 aliphatic rings. The Kier molecular flexibility index (Phi) is 4.35. The van der Waals surface area contributed by atoms with E-state index in [0.29, 0.717) is 5.56 Å². The maximum Gasteiger partial charge on any atom is 0.266 e. The molecule has 1 amide bonds. The van der Waals surface area contributed by atoms with Crippen LogP contribution in [-0.4, -0.2) is 14.3 Å². The van der Waals surface area contributed by atoms with Crippen LogP contribution in [0.1, 0.15) is 15.9 Å². The van der Waals surface area contributed by atoms with Gasteiger partial charge in [-0.15, -0.1) is 4.83 Å². The van der Waals surface area contributed by atoms with Gasteiger partial charge < -0.3 is 0 Å². The fraction of sp³-hybridized carbons (Fsp3) is 0.0714. The summed E-state index contributed by atoms with van der Waals surface area (Å²) in [6.07, 6.45) is 0. The van der Waals surface area contributed by atoms with Crippen molar-refractivity contribution in [1.82, 2.24) is 10.3 Å². The Labute approximate surface area is 121 Å². The van der Waals surface area contributed by atoms with Crippen molar-refractivity contribution < 1.29 is 17.6 Å². The van der Waals surface area contributed by atoms with Gasteiger partial charge in [-0.2, -0.15) is 0 Å². The number of hydrogen-bond donors (Lipinski definition) is 2. The fourth-order valence-electron chi connectivity index (χ4n) is 1.65. The molecule has 5 nitrogen and oxygen atoms in total. The lowest BCUT2D eigenvalue weighted by Gasteiger charge is -2.09. The first kappa shape index (κ1) is 15.1. The van der Waals surface area contributed by atoms with E-state index in [1.807, 2.05) is 10.3 Å². The molecule has 0 aliphatic carbocycles. The number of carbonyl (C=O) groups is 1. The van der Waals surface area contributed by atoms with Crippen LogP contribution in [0.3, 0.4) is 0 Å². The van der Waals surface area contributed by atoms with Gasteiger partial charge >= 0.3 is 0 Å². The summed E-state index contributed by atoms with van der Waals surface area (Å²) in [5.74, 6) is -1.52. The van der Waals surface area contributed by atoms with E-state index in [0.717, 1.165) is 6.07 Å². The lowest BCUT2D eigenvalue weighted by atomic mass is 10.2. The number of benzene rings is 2. The summed E-state index contributed by atoms with van der Waals surface area (Å²) in [4.78, 5) is 13.1. The zero-order chi connectivity index (χ0) is 15.5. The molecule has 2 aromatic rings. The van der Waals surface area contributed by atoms with Gasteiger partial charge in [0, 0.05) is 5.56 Å². The summed E-state index contributed by atoms with van der Waals surface area (Å²) in [6.45, 7) is 1.64. The van der Waals surface area contributed by atoms with Gasteiger partial charge in [0.25, 0.3) is 15.9 Å². The maximum atomic E-state index is 13.6. The van der Waals surface area contributed by atoms with Crippen LogP contribution in [0, 0.1) is 12.7 Å². The van der Waals surface area contributed by atoms with Gasteiger partial charge in [0.15, 0.2) is 0 Å². The molecule has 0 unspecified atom stereocenters. The minimum absolute atomic E-state index is 0.282. The summed E-state index contributed by atoms with van der Waals surface area (Å²) in [5.41, 5.74) is 2.91. The van der Waals surface area contributed by atoms with Crippen molar-refractivity contribution in [2.24, 2.45) is 0 Å². The van der Waals surface area contributed by atoms with Crippen LogP contribution in [0.4, 0.5) is 4.39 Å². The molecule has 0 spiro atoms. The molecule has 2 rings (SSSR count). The number of hydrogen-bond acceptors (Lipinski definition) is 3. The van der Waals surface area contributed by atoms with Crippen molar-refractivity contribution in [3.05, 3.63) is 65.5 Å². The number of carbonyl (C=O) groups excluding carboxylic acids is 1. The minimum atomic E-state index is -4.17. The predicted molar refractivity (Wildman–Crippen MR) is 75.4 cm³/mol. The van der Waals surface area contributed by atoms with Crippen LogP contribution in [0.25, 0.3) is 0 Å². The molecule has 0 saturated carbocycles. The van der Waals surface area contributed by atoms with Gasteiger partial charge in [0.05, 0.1) is 0 Å². The highest BCUT2D eigenvalue weighted by Gasteiger charge is 2.20. The van der Waals surface area contributed by atoms with E-state index in [2.05, 4.69) is 0 Å². The minimum Gasteiger partial charge on any atom is -0.273 e. The van der Waals surface area contributed by atoms with Crippen LogP contribution in [-0.2, 0) is 10.0 Å². The maximum absolute atomic E-state index is 13.6. The number of aryl methyl sites for hydroxylation is 1. The number of nitrogens with one attached hydrogen (secondary N) is 2. The van der Waals surface area contributed by atoms with Crippen LogP contribution in [0.5, 0.6) is 0 Å². The molecule has 0 saturated heterocycles. The molecular weight excluding hydrogens is 295 g/mol. The van der Waals surface area contributed by atoms with Crippen molar-refractivity contribution in [2.75, 3.05) is 0 Å². The van der Waals surface area contributed by atoms with Crippen molar-refractivity contribution in [1.29, 1.82) is 0 Å². The molecule has 0 atom stereocenters. The van der Waals surface area contributed by atoms with E-state index in [-0.39, 0.29) is 5.56 Å². The average Bonchev–Trinajstić information content (AvgIpc) is 2.48. The summed E-state index contributed by atoms with van der Waals surface area (Å²) in [7, 11) is -4.17. The van der Waals surface area contributed by atoms with Crippen LogP contribution in [0.2, 0.25) is 0 Å². The highest BCUT2D eigenvalue weighted by Crippen LogP contribution is 2.15. The van der Waals surface area contributed by atoms with Gasteiger partial charge in [-0.3, -0.25) is 10.2 Å². The van der Waals surface area contributed by atoms with Crippen molar-refractivity contribution >= 4 is 15.9 Å². The third kappa shape index (κ3) is 3.65. The first-order valence-electron chi connectivity index (χ1n) is 6.03. The SMILES string of the molecule is Cc1ccc(F)c(S(=O)(=O)NNC(=O)c2ccccc2)c1. The Balaban J connectivity index is 2.15. The molecule has 0 aliphatic heterocycles. The number of amides is 1. The second-order valence-corrected chi connectivity index (χ2v) is 6.01. The Morgan fingerprint density at radius 2 is 1.76 bits per heavy atom. The topological polar surface area (TPSA) is 75.3 Å². The standard InChI is InChI=1S/C14H13FN2O3S/c1-10-7-8-12(15)13(9-10)21(19,20)17-16-14(18)11-5-3-2-4-6-11/h2-9,17H,1H3,(H,16,18). The van der Waals surface area contributed by atoms with Crippen molar-refractivity contribution in [2.45, 2.75) is 11.8 Å². The molecule has 7 heteroatoms. The van der Waals surface area contributed by atoms with E-state index in [1.165, 1.54) is 24.3 Å². The Hall–Kier alpha value is -2.25. The quantitative estimate of drug-likeness (QED) is 0.845. The summed E-state index contributed by atoms with van der Waals surface area (Å²) in [6, 6.07) is 11.8. The number of sulfonamides is 1. The van der Waals surface area contributed by atoms with Crippen LogP contribution >= 0.6 is 0 Å². The smallest absolute Gasteiger partial charge is 0.266 e. The van der Waals surface area contributed by atoms with E-state index in [4.69, 9.17) is 0 Å². The van der Waals surface area contributed by atoms with Crippen molar-refractivity contribution in [3.63, 3.8) is 0 Å². The van der Waals surface area contributed by atoms with Gasteiger partial charge in [-0.1, -0.05) is 24.3 Å². The third-order valence-corrected chi connectivity index (χ3v) is 3.97. The Morgan fingerprint density at radius 3 is 2.43 bits per heavy atom. The van der Waals surface area contributed by atoms with Gasteiger partial charge in [-0.05, 0) is 36.8 Å². The van der Waals surface area contributed by atoms with E-state index < -0.39 is 26.6 Å². The lowest BCUT2D eigenvalue weighted by molar-refractivity contribution is 0.0945. The van der Waals surface area contributed by atoms with Crippen molar-refractivity contribution in [3.8, 4) is 0 Å². The molecule has 0 aromatic heterocycles. The van der Waals surface area contributed by atoms with Gasteiger partial charge in [-0.25, -0.2) is 12.8 Å². The molecular formula is C14H13FN2O3S. The molecule has 0 fully saturated rings. The number of halogens is 1. The molecule has 0 heterocycles. The second kappa shape index (κ2) is 6.02. The first-order valence-corrected chi connectivity index (χ1v) is 7.52. The van der Waals surface area contributed by atoms with Crippen LogP contribution in [0.15, 0.2) is 53.4 Å². The zero-order valence-electron chi connectivity index (χ0n) is 11.1. The summed E-state index contributed by atoms with van der Waals surface area (Å²) < 4.78 is 37.5. The lowest BCUT2D eigenvalue weighted by Crippen LogP contribution is -2.41. The summed E-state index contributed by atoms with van der Waals surface area (Å²) >= 11 is 0. The highest BCUT2D eigenvalue weighted by molar-refractivity contribution is 7.89. The normalized spacial score (nSPS) is 11.1. The molecule has 0 radical (unpaired) electrons. The zero-order valence-corrected chi connectivity index (χ0v) is 11.9. The van der Waals surface area contributed by atoms with E-state index >= 15 is 0 Å². The van der Waals surface area contributed by atoms with Gasteiger partial charge in [0.2, 0.25) is 0 Å². The monoisotopic (exact) mass is 308 g/mol. The highest BCUT2D eigenvalue weighted by atomic mass is 32.2. The third-order valence-electron chi connectivity index (χ3n) is 2.71. The van der Waals surface area contributed by atoms with E-state index in [1.54, 1.807) is 25.1 Å². The predicted octanol–water partition coefficient (Wildman–Crippen LogP) is 1.76. The van der Waals surface area contributed by atoms with Crippen LogP contribution < -0.4 is 10.3 Å². The molecule has 21 heavy (non-hydrogen) atoms. The Morgan fingerprint density at radius 1 is 1.10 bits per heavy atom. The largest absolute Gasteiger partial charge is 0.273 e. The molecule has 2 N–H and O–H groups in total. The molecule has 110 valence electrons. The second-order valence-electron chi connectivity index (χ2n) is 4.36. The Bertz CT molecular complexity index is 761.